The number of H-pyrrole nitrogens is 1. The van der Waals surface area contributed by atoms with E-state index in [4.69, 9.17) is 11.6 Å². The summed E-state index contributed by atoms with van der Waals surface area (Å²) < 4.78 is 2.06. The molecule has 7 heteroatoms. The summed E-state index contributed by atoms with van der Waals surface area (Å²) in [6.45, 7) is 0.707. The molecule has 1 aromatic carbocycles. The van der Waals surface area contributed by atoms with Crippen molar-refractivity contribution in [3.8, 4) is 0 Å². The molecule has 3 aromatic rings. The van der Waals surface area contributed by atoms with E-state index in [-0.39, 0.29) is 11.8 Å². The van der Waals surface area contributed by atoms with Gasteiger partial charge >= 0.3 is 0 Å². The molecule has 3 rings (SSSR count). The van der Waals surface area contributed by atoms with Crippen molar-refractivity contribution in [1.82, 2.24) is 19.7 Å². The molecule has 1 atom stereocenters. The quantitative estimate of drug-likeness (QED) is 0.729. The van der Waals surface area contributed by atoms with Gasteiger partial charge < -0.3 is 4.57 Å². The van der Waals surface area contributed by atoms with E-state index in [9.17, 15) is 4.79 Å². The molecule has 2 N–H and O–H groups in total. The average molecular weight is 330 g/mol. The zero-order valence-corrected chi connectivity index (χ0v) is 13.1. The fourth-order valence-corrected chi connectivity index (χ4v) is 2.57. The minimum absolute atomic E-state index is 0.0302. The number of halogens is 1. The van der Waals surface area contributed by atoms with Gasteiger partial charge in [0.1, 0.15) is 6.33 Å². The van der Waals surface area contributed by atoms with Gasteiger partial charge in [-0.05, 0) is 29.8 Å². The van der Waals surface area contributed by atoms with E-state index in [0.717, 1.165) is 5.56 Å². The molecule has 0 saturated heterocycles. The lowest BCUT2D eigenvalue weighted by Gasteiger charge is -2.18. The summed E-state index contributed by atoms with van der Waals surface area (Å²) in [7, 11) is 0. The minimum Gasteiger partial charge on any atom is -0.354 e. The number of hydrogen-bond donors (Lipinski definition) is 2. The topological polar surface area (TPSA) is 75.6 Å². The third-order valence-corrected chi connectivity index (χ3v) is 3.80. The number of carbonyl (C=O) groups is 1. The van der Waals surface area contributed by atoms with E-state index in [1.54, 1.807) is 0 Å². The van der Waals surface area contributed by atoms with Crippen LogP contribution < -0.4 is 5.32 Å². The Labute approximate surface area is 138 Å². The van der Waals surface area contributed by atoms with Crippen molar-refractivity contribution < 1.29 is 4.79 Å². The summed E-state index contributed by atoms with van der Waals surface area (Å²) in [6.07, 6.45) is 5.65. The number of hydrogen-bond acceptors (Lipinski definition) is 3. The third kappa shape index (κ3) is 4.20. The molecule has 1 amide bonds. The first kappa shape index (κ1) is 15.3. The second kappa shape index (κ2) is 7.11. The Morgan fingerprint density at radius 2 is 2.00 bits per heavy atom. The monoisotopic (exact) mass is 329 g/mol. The van der Waals surface area contributed by atoms with Gasteiger partial charge in [0.25, 0.3) is 0 Å². The second-order valence-corrected chi connectivity index (χ2v) is 5.65. The first-order valence-corrected chi connectivity index (χ1v) is 7.60. The molecular weight excluding hydrogens is 314 g/mol. The van der Waals surface area contributed by atoms with E-state index in [0.29, 0.717) is 23.9 Å². The van der Waals surface area contributed by atoms with Gasteiger partial charge in [-0.15, -0.1) is 0 Å². The Balaban J connectivity index is 1.74. The lowest BCUT2D eigenvalue weighted by atomic mass is 9.95. The molecule has 2 heterocycles. The molecule has 0 radical (unpaired) electrons. The molecule has 0 aliphatic heterocycles. The summed E-state index contributed by atoms with van der Waals surface area (Å²) >= 11 is 5.96. The first-order valence-electron chi connectivity index (χ1n) is 7.22. The number of amides is 1. The predicted molar refractivity (Wildman–Crippen MR) is 88.3 cm³/mol. The molecule has 0 spiro atoms. The molecule has 6 nitrogen and oxygen atoms in total. The number of nitrogens with one attached hydrogen (secondary N) is 2. The van der Waals surface area contributed by atoms with Gasteiger partial charge in [0, 0.05) is 36.3 Å². The largest absolute Gasteiger partial charge is 0.354 e. The number of carbonyl (C=O) groups excluding carboxylic acids is 1. The maximum Gasteiger partial charge on any atom is 0.227 e. The molecule has 0 fully saturated rings. The summed E-state index contributed by atoms with van der Waals surface area (Å²) in [4.78, 5) is 16.2. The van der Waals surface area contributed by atoms with E-state index < -0.39 is 0 Å². The Hall–Kier alpha value is -2.60. The van der Waals surface area contributed by atoms with Crippen LogP contribution in [0.1, 0.15) is 17.9 Å². The molecule has 0 aliphatic carbocycles. The Morgan fingerprint density at radius 1 is 1.26 bits per heavy atom. The van der Waals surface area contributed by atoms with E-state index in [1.165, 1.54) is 6.33 Å². The second-order valence-electron chi connectivity index (χ2n) is 5.21. The summed E-state index contributed by atoms with van der Waals surface area (Å²) in [5, 5.41) is 9.72. The lowest BCUT2D eigenvalue weighted by Crippen LogP contribution is -2.19. The maximum absolute atomic E-state index is 12.3. The number of anilines is 1. The van der Waals surface area contributed by atoms with Crippen LogP contribution in [0.2, 0.25) is 5.02 Å². The highest BCUT2D eigenvalue weighted by Gasteiger charge is 2.17. The standard InChI is InChI=1S/C16H16ClN5O/c17-14-5-3-12(4-6-14)13(10-22-7-1-2-8-22)9-15(23)20-16-18-11-19-21-16/h1-8,11,13H,9-10H2,(H2,18,19,20,21,23)/t13-/m1/s1. The predicted octanol–water partition coefficient (Wildman–Crippen LogP) is 3.07. The highest BCUT2D eigenvalue weighted by molar-refractivity contribution is 6.30. The number of aromatic nitrogens is 4. The number of benzene rings is 1. The van der Waals surface area contributed by atoms with Gasteiger partial charge in [-0.1, -0.05) is 23.7 Å². The van der Waals surface area contributed by atoms with Gasteiger partial charge in [0.2, 0.25) is 11.9 Å². The summed E-state index contributed by atoms with van der Waals surface area (Å²) in [5.41, 5.74) is 1.07. The fourth-order valence-electron chi connectivity index (χ4n) is 2.44. The van der Waals surface area contributed by atoms with Crippen LogP contribution in [0.5, 0.6) is 0 Å². The zero-order valence-electron chi connectivity index (χ0n) is 12.3. The van der Waals surface area contributed by atoms with Crippen molar-refractivity contribution in [2.75, 3.05) is 5.32 Å². The van der Waals surface area contributed by atoms with Gasteiger partial charge in [0.05, 0.1) is 0 Å². The van der Waals surface area contributed by atoms with Crippen LogP contribution in [-0.4, -0.2) is 25.7 Å². The molecule has 0 bridgehead atoms. The summed E-state index contributed by atoms with van der Waals surface area (Å²) in [5.74, 6) is 0.266. The van der Waals surface area contributed by atoms with Crippen molar-refractivity contribution in [2.24, 2.45) is 0 Å². The van der Waals surface area contributed by atoms with Crippen LogP contribution in [0, 0.1) is 0 Å². The van der Waals surface area contributed by atoms with Gasteiger partial charge in [-0.3, -0.25) is 10.1 Å². The van der Waals surface area contributed by atoms with Crippen molar-refractivity contribution in [3.05, 3.63) is 65.7 Å². The van der Waals surface area contributed by atoms with E-state index in [1.807, 2.05) is 48.8 Å². The van der Waals surface area contributed by atoms with Crippen molar-refractivity contribution >= 4 is 23.5 Å². The average Bonchev–Trinajstić information content (AvgIpc) is 3.21. The fraction of sp³-hybridized carbons (Fsp3) is 0.188. The highest BCUT2D eigenvalue weighted by Crippen LogP contribution is 2.24. The smallest absolute Gasteiger partial charge is 0.227 e. The van der Waals surface area contributed by atoms with Crippen LogP contribution in [0.15, 0.2) is 55.1 Å². The van der Waals surface area contributed by atoms with E-state index in [2.05, 4.69) is 25.1 Å². The molecule has 0 saturated carbocycles. The number of rotatable bonds is 6. The van der Waals surface area contributed by atoms with E-state index >= 15 is 0 Å². The van der Waals surface area contributed by atoms with Gasteiger partial charge in [-0.25, -0.2) is 5.10 Å². The number of aromatic amines is 1. The summed E-state index contributed by atoms with van der Waals surface area (Å²) in [6, 6.07) is 11.5. The van der Waals surface area contributed by atoms with Crippen LogP contribution >= 0.6 is 11.6 Å². The first-order chi connectivity index (χ1) is 11.2. The van der Waals surface area contributed by atoms with Crippen molar-refractivity contribution in [3.63, 3.8) is 0 Å². The molecule has 2 aromatic heterocycles. The molecule has 0 unspecified atom stereocenters. The molecule has 23 heavy (non-hydrogen) atoms. The van der Waals surface area contributed by atoms with Crippen LogP contribution in [0.4, 0.5) is 5.95 Å². The number of nitrogens with zero attached hydrogens (tertiary/aromatic N) is 3. The Morgan fingerprint density at radius 3 is 2.65 bits per heavy atom. The molecular formula is C16H16ClN5O. The highest BCUT2D eigenvalue weighted by atomic mass is 35.5. The van der Waals surface area contributed by atoms with Crippen LogP contribution in [-0.2, 0) is 11.3 Å². The Kier molecular flexibility index (Phi) is 4.73. The molecule has 0 aliphatic rings. The third-order valence-electron chi connectivity index (χ3n) is 3.54. The SMILES string of the molecule is O=C(C[C@H](Cn1cccc1)c1ccc(Cl)cc1)Nc1ncn[nH]1. The van der Waals surface area contributed by atoms with Crippen LogP contribution in [0.25, 0.3) is 0 Å². The van der Waals surface area contributed by atoms with Crippen molar-refractivity contribution in [1.29, 1.82) is 0 Å². The lowest BCUT2D eigenvalue weighted by molar-refractivity contribution is -0.116. The van der Waals surface area contributed by atoms with Crippen LogP contribution in [0.3, 0.4) is 0 Å². The minimum atomic E-state index is -0.117. The maximum atomic E-state index is 12.3. The van der Waals surface area contributed by atoms with Gasteiger partial charge in [0.15, 0.2) is 0 Å². The normalized spacial score (nSPS) is 12.0. The molecule has 118 valence electrons. The van der Waals surface area contributed by atoms with Gasteiger partial charge in [-0.2, -0.15) is 10.1 Å². The Bertz CT molecular complexity index is 737. The zero-order chi connectivity index (χ0) is 16.1. The van der Waals surface area contributed by atoms with Crippen molar-refractivity contribution in [2.45, 2.75) is 18.9 Å².